The SMILES string of the molecule is CCc1ccc[cH-]1.C[Si](C)=[Zr+2].[Cl-].[Cl-].[c-]1cccc2c1Cc1ccccc1-2. The van der Waals surface area contributed by atoms with Gasteiger partial charge in [-0.25, -0.2) is 12.1 Å². The molecule has 0 aromatic heterocycles. The molecule has 1 aliphatic rings. The summed E-state index contributed by atoms with van der Waals surface area (Å²) in [6.45, 7) is 6.78. The van der Waals surface area contributed by atoms with Gasteiger partial charge in [-0.05, 0) is 6.42 Å². The monoisotopic (exact) mass is 476 g/mol. The Labute approximate surface area is 186 Å². The van der Waals surface area contributed by atoms with Gasteiger partial charge in [0.1, 0.15) is 0 Å². The van der Waals surface area contributed by atoms with Crippen LogP contribution < -0.4 is 24.8 Å². The van der Waals surface area contributed by atoms with E-state index in [1.807, 2.05) is 6.07 Å². The van der Waals surface area contributed by atoms with Crippen LogP contribution in [0.15, 0.2) is 66.7 Å². The molecule has 0 spiro atoms. The first kappa shape index (κ1) is 25.5. The maximum absolute atomic E-state index is 3.30. The van der Waals surface area contributed by atoms with E-state index in [4.69, 9.17) is 0 Å². The zero-order chi connectivity index (χ0) is 17.4. The van der Waals surface area contributed by atoms with Gasteiger partial charge < -0.3 is 24.8 Å². The fourth-order valence-corrected chi connectivity index (χ4v) is 2.65. The molecule has 4 rings (SSSR count). The van der Waals surface area contributed by atoms with Crippen molar-refractivity contribution in [3.05, 3.63) is 89.5 Å². The minimum atomic E-state index is 0. The molecule has 136 valence electrons. The van der Waals surface area contributed by atoms with E-state index in [2.05, 4.69) is 86.7 Å². The molecule has 3 aromatic rings. The molecule has 0 fully saturated rings. The first-order chi connectivity index (χ1) is 11.6. The van der Waals surface area contributed by atoms with Crippen molar-refractivity contribution in [3.8, 4) is 11.1 Å². The average Bonchev–Trinajstić information content (AvgIpc) is 3.22. The minimum Gasteiger partial charge on any atom is -1.00 e. The van der Waals surface area contributed by atoms with Crippen molar-refractivity contribution in [1.82, 2.24) is 0 Å². The van der Waals surface area contributed by atoms with Crippen LogP contribution in [0.5, 0.6) is 0 Å². The molecule has 0 radical (unpaired) electrons. The van der Waals surface area contributed by atoms with Crippen LogP contribution in [0.2, 0.25) is 13.1 Å². The largest absolute Gasteiger partial charge is 1.00 e. The number of aryl methyl sites for hydroxylation is 1. The second-order valence-corrected chi connectivity index (χ2v) is 15.4. The third-order valence-electron chi connectivity index (χ3n) is 3.76. The van der Waals surface area contributed by atoms with Crippen LogP contribution >= 0.6 is 0 Å². The molecule has 26 heavy (non-hydrogen) atoms. The molecular formula is C22H24Cl2SiZr-2. The molecule has 0 amide bonds. The van der Waals surface area contributed by atoms with E-state index in [0.717, 1.165) is 12.8 Å². The number of hydrogen-bond donors (Lipinski definition) is 0. The molecular weight excluding hydrogens is 454 g/mol. The van der Waals surface area contributed by atoms with E-state index in [1.165, 1.54) is 27.8 Å². The molecule has 4 heteroatoms. The molecule has 0 N–H and O–H groups in total. The fraction of sp³-hybridized carbons (Fsp3) is 0.227. The van der Waals surface area contributed by atoms with Gasteiger partial charge in [0.15, 0.2) is 0 Å². The van der Waals surface area contributed by atoms with E-state index in [1.54, 1.807) is 23.3 Å². The Morgan fingerprint density at radius 2 is 1.65 bits per heavy atom. The first-order valence-electron chi connectivity index (χ1n) is 8.42. The molecule has 3 aromatic carbocycles. The third kappa shape index (κ3) is 8.01. The Hall–Kier alpha value is -0.530. The number of hydrogen-bond acceptors (Lipinski definition) is 0. The summed E-state index contributed by atoms with van der Waals surface area (Å²) in [6, 6.07) is 26.5. The Morgan fingerprint density at radius 3 is 2.23 bits per heavy atom. The number of halogens is 2. The number of rotatable bonds is 1. The van der Waals surface area contributed by atoms with Gasteiger partial charge in [-0.2, -0.15) is 47.5 Å². The topological polar surface area (TPSA) is 0 Å². The Balaban J connectivity index is 0.000000415. The van der Waals surface area contributed by atoms with Crippen molar-refractivity contribution in [1.29, 1.82) is 0 Å². The second-order valence-electron chi connectivity index (χ2n) is 6.04. The fourth-order valence-electron chi connectivity index (χ4n) is 2.65. The van der Waals surface area contributed by atoms with Crippen molar-refractivity contribution in [2.24, 2.45) is 0 Å². The Kier molecular flexibility index (Phi) is 13.3. The van der Waals surface area contributed by atoms with Crippen LogP contribution in [-0.4, -0.2) is 5.43 Å². The molecule has 0 saturated heterocycles. The van der Waals surface area contributed by atoms with E-state index in [0.29, 0.717) is 0 Å². The third-order valence-corrected chi connectivity index (χ3v) is 3.76. The Bertz CT molecular complexity index is 735. The summed E-state index contributed by atoms with van der Waals surface area (Å²) in [6.07, 6.45) is 2.21. The number of benzene rings is 2. The second kappa shape index (κ2) is 13.6. The van der Waals surface area contributed by atoms with Gasteiger partial charge in [0.05, 0.1) is 0 Å². The summed E-state index contributed by atoms with van der Waals surface area (Å²) in [5.74, 6) is 0. The van der Waals surface area contributed by atoms with Gasteiger partial charge in [0, 0.05) is 0 Å². The summed E-state index contributed by atoms with van der Waals surface area (Å²) in [5.41, 5.74) is 7.15. The van der Waals surface area contributed by atoms with Gasteiger partial charge in [0.2, 0.25) is 0 Å². The molecule has 0 bridgehead atoms. The quantitative estimate of drug-likeness (QED) is 0.263. The molecule has 0 unspecified atom stereocenters. The summed E-state index contributed by atoms with van der Waals surface area (Å²) in [4.78, 5) is 0. The summed E-state index contributed by atoms with van der Waals surface area (Å²) in [7, 11) is 0. The molecule has 1 aliphatic carbocycles. The zero-order valence-corrected chi connectivity index (χ0v) is 20.5. The van der Waals surface area contributed by atoms with Crippen LogP contribution in [0, 0.1) is 6.07 Å². The van der Waals surface area contributed by atoms with Crippen molar-refractivity contribution < 1.29 is 48.1 Å². The van der Waals surface area contributed by atoms with Gasteiger partial charge in [-0.3, -0.25) is 0 Å². The maximum atomic E-state index is 3.30. The normalized spacial score (nSPS) is 9.73. The number of fused-ring (bicyclic) bond motifs is 3. The summed E-state index contributed by atoms with van der Waals surface area (Å²) < 4.78 is 0. The van der Waals surface area contributed by atoms with Gasteiger partial charge in [-0.15, -0.1) is 5.56 Å². The van der Waals surface area contributed by atoms with Crippen molar-refractivity contribution in [2.75, 3.05) is 0 Å². The molecule has 0 heterocycles. The Morgan fingerprint density at radius 1 is 1.00 bits per heavy atom. The van der Waals surface area contributed by atoms with Crippen LogP contribution in [0.1, 0.15) is 23.6 Å². The van der Waals surface area contributed by atoms with Crippen molar-refractivity contribution in [2.45, 2.75) is 32.9 Å². The van der Waals surface area contributed by atoms with Crippen molar-refractivity contribution >= 4 is 5.43 Å². The van der Waals surface area contributed by atoms with E-state index < -0.39 is 0 Å². The van der Waals surface area contributed by atoms with E-state index in [-0.39, 0.29) is 30.2 Å². The predicted octanol–water partition coefficient (Wildman–Crippen LogP) is -0.182. The van der Waals surface area contributed by atoms with Crippen LogP contribution in [0.4, 0.5) is 0 Å². The van der Waals surface area contributed by atoms with E-state index >= 15 is 0 Å². The molecule has 0 aliphatic heterocycles. The standard InChI is InChI=1S/C13H9.C7H9.C2H6Si.2ClH.Zr/c1-3-7-12-10(5-1)9-11-6-2-4-8-13(11)12;1-2-7-5-3-4-6-7;1-3-2;;;/h1-5,7-8H,9H2;3-6H,2H2,1H3;1-2H3;2*1H;/q2*-1;;;;+2/p-2. The van der Waals surface area contributed by atoms with Gasteiger partial charge >= 0.3 is 41.9 Å². The molecule has 0 atom stereocenters. The summed E-state index contributed by atoms with van der Waals surface area (Å²) in [5, 5.41) is 0. The summed E-state index contributed by atoms with van der Waals surface area (Å²) >= 11 is 1.74. The smallest absolute Gasteiger partial charge is 0.0253 e. The minimum absolute atomic E-state index is 0. The average molecular weight is 479 g/mol. The van der Waals surface area contributed by atoms with Gasteiger partial charge in [0.25, 0.3) is 0 Å². The zero-order valence-electron chi connectivity index (χ0n) is 15.5. The van der Waals surface area contributed by atoms with Gasteiger partial charge in [-0.1, -0.05) is 48.7 Å². The van der Waals surface area contributed by atoms with Crippen LogP contribution in [0.25, 0.3) is 11.1 Å². The van der Waals surface area contributed by atoms with E-state index in [9.17, 15) is 0 Å². The maximum Gasteiger partial charge on any atom is -0.0253 e. The first-order valence-corrected chi connectivity index (χ1v) is 14.6. The van der Waals surface area contributed by atoms with Crippen LogP contribution in [0.3, 0.4) is 0 Å². The molecule has 0 saturated carbocycles. The van der Waals surface area contributed by atoms with Crippen LogP contribution in [-0.2, 0) is 36.2 Å². The molecule has 0 nitrogen and oxygen atoms in total. The predicted molar refractivity (Wildman–Crippen MR) is 102 cm³/mol. The van der Waals surface area contributed by atoms with Crippen molar-refractivity contribution in [3.63, 3.8) is 0 Å².